The van der Waals surface area contributed by atoms with Crippen LogP contribution >= 0.6 is 0 Å². The molecule has 1 atom stereocenters. The van der Waals surface area contributed by atoms with Crippen LogP contribution in [0.25, 0.3) is 10.9 Å². The summed E-state index contributed by atoms with van der Waals surface area (Å²) in [6.07, 6.45) is -1.20. The van der Waals surface area contributed by atoms with Crippen molar-refractivity contribution < 1.29 is 23.6 Å². The number of ether oxygens (including phenoxy) is 1. The van der Waals surface area contributed by atoms with Gasteiger partial charge >= 0.3 is 11.7 Å². The summed E-state index contributed by atoms with van der Waals surface area (Å²) in [6, 6.07) is 10.2. The first-order valence-corrected chi connectivity index (χ1v) is 8.99. The lowest BCUT2D eigenvalue weighted by molar-refractivity contribution is -0.387. The van der Waals surface area contributed by atoms with Crippen molar-refractivity contribution in [1.82, 2.24) is 4.98 Å². The van der Waals surface area contributed by atoms with E-state index in [0.29, 0.717) is 5.69 Å². The van der Waals surface area contributed by atoms with Gasteiger partial charge < -0.3 is 10.1 Å². The number of hydrogen-bond acceptors (Lipinski definition) is 6. The number of hydrogen-bond donors (Lipinski definition) is 1. The number of fused-ring (bicyclic) bond motifs is 1. The SMILES string of the molecule is Cc1ccc2nc(C)c(C(=O)OC(C)C(=O)Nc3ccc(F)c([N+](=O)[O-])c3)cc2c1. The van der Waals surface area contributed by atoms with Crippen LogP contribution in [0.5, 0.6) is 0 Å². The molecule has 0 bridgehead atoms. The summed E-state index contributed by atoms with van der Waals surface area (Å²) in [6.45, 7) is 4.95. The van der Waals surface area contributed by atoms with Crippen molar-refractivity contribution >= 4 is 34.2 Å². The number of aromatic nitrogens is 1. The smallest absolute Gasteiger partial charge is 0.340 e. The molecule has 0 saturated heterocycles. The zero-order valence-electron chi connectivity index (χ0n) is 16.4. The highest BCUT2D eigenvalue weighted by atomic mass is 19.1. The second-order valence-electron chi connectivity index (χ2n) is 6.78. The van der Waals surface area contributed by atoms with Crippen LogP contribution in [-0.4, -0.2) is 27.9 Å². The molecule has 1 heterocycles. The van der Waals surface area contributed by atoms with E-state index in [4.69, 9.17) is 4.74 Å². The number of anilines is 1. The first-order chi connectivity index (χ1) is 14.2. The second-order valence-corrected chi connectivity index (χ2v) is 6.78. The van der Waals surface area contributed by atoms with Gasteiger partial charge in [0.25, 0.3) is 5.91 Å². The lowest BCUT2D eigenvalue weighted by Gasteiger charge is -2.15. The van der Waals surface area contributed by atoms with Gasteiger partial charge in [-0.15, -0.1) is 0 Å². The van der Waals surface area contributed by atoms with E-state index < -0.39 is 34.4 Å². The molecule has 1 N–H and O–H groups in total. The van der Waals surface area contributed by atoms with Crippen molar-refractivity contribution in [3.05, 3.63) is 75.2 Å². The molecular weight excluding hydrogens is 393 g/mol. The van der Waals surface area contributed by atoms with E-state index in [1.807, 2.05) is 25.1 Å². The predicted molar refractivity (Wildman–Crippen MR) is 108 cm³/mol. The Balaban J connectivity index is 1.74. The van der Waals surface area contributed by atoms with Gasteiger partial charge in [0.1, 0.15) is 0 Å². The third kappa shape index (κ3) is 4.40. The van der Waals surface area contributed by atoms with Crippen LogP contribution in [0.3, 0.4) is 0 Å². The molecule has 1 unspecified atom stereocenters. The molecule has 8 nitrogen and oxygen atoms in total. The maximum atomic E-state index is 13.4. The van der Waals surface area contributed by atoms with Crippen molar-refractivity contribution in [3.63, 3.8) is 0 Å². The van der Waals surface area contributed by atoms with Gasteiger partial charge in [0.15, 0.2) is 6.10 Å². The van der Waals surface area contributed by atoms with Crippen LogP contribution < -0.4 is 5.32 Å². The topological polar surface area (TPSA) is 111 Å². The first-order valence-electron chi connectivity index (χ1n) is 8.99. The molecule has 0 saturated carbocycles. The lowest BCUT2D eigenvalue weighted by Crippen LogP contribution is -2.30. The van der Waals surface area contributed by atoms with Gasteiger partial charge in [0, 0.05) is 17.1 Å². The van der Waals surface area contributed by atoms with Crippen LogP contribution in [0.4, 0.5) is 15.8 Å². The fourth-order valence-electron chi connectivity index (χ4n) is 2.85. The lowest BCUT2D eigenvalue weighted by atomic mass is 10.1. The van der Waals surface area contributed by atoms with E-state index >= 15 is 0 Å². The number of pyridine rings is 1. The number of nitro benzene ring substituents is 1. The molecule has 30 heavy (non-hydrogen) atoms. The number of carbonyl (C=O) groups is 2. The van der Waals surface area contributed by atoms with Crippen molar-refractivity contribution in [2.45, 2.75) is 26.9 Å². The Morgan fingerprint density at radius 3 is 2.60 bits per heavy atom. The molecule has 0 radical (unpaired) electrons. The van der Waals surface area contributed by atoms with Gasteiger partial charge in [0.05, 0.1) is 21.7 Å². The molecular formula is C21H18FN3O5. The average molecular weight is 411 g/mol. The van der Waals surface area contributed by atoms with E-state index in [2.05, 4.69) is 10.3 Å². The van der Waals surface area contributed by atoms with Gasteiger partial charge in [-0.25, -0.2) is 4.79 Å². The fraction of sp³-hybridized carbons (Fsp3) is 0.190. The molecule has 3 rings (SSSR count). The van der Waals surface area contributed by atoms with E-state index in [1.54, 1.807) is 13.0 Å². The summed E-state index contributed by atoms with van der Waals surface area (Å²) in [7, 11) is 0. The Hall–Kier alpha value is -3.88. The van der Waals surface area contributed by atoms with Crippen LogP contribution in [0, 0.1) is 29.8 Å². The summed E-state index contributed by atoms with van der Waals surface area (Å²) >= 11 is 0. The number of carbonyl (C=O) groups excluding carboxylic acids is 2. The van der Waals surface area contributed by atoms with Gasteiger partial charge in [-0.3, -0.25) is 19.9 Å². The molecule has 0 aliphatic rings. The first kappa shape index (κ1) is 20.8. The molecule has 1 aromatic heterocycles. The third-order valence-corrected chi connectivity index (χ3v) is 4.44. The number of rotatable bonds is 5. The van der Waals surface area contributed by atoms with Gasteiger partial charge in [0.2, 0.25) is 5.82 Å². The molecule has 0 aliphatic heterocycles. The number of halogens is 1. The molecule has 0 aliphatic carbocycles. The monoisotopic (exact) mass is 411 g/mol. The van der Waals surface area contributed by atoms with E-state index in [0.717, 1.165) is 28.6 Å². The van der Waals surface area contributed by atoms with Crippen LogP contribution in [0.1, 0.15) is 28.5 Å². The number of benzene rings is 2. The molecule has 1 amide bonds. The third-order valence-electron chi connectivity index (χ3n) is 4.44. The number of esters is 1. The number of nitrogens with one attached hydrogen (secondary N) is 1. The standard InChI is InChI=1S/C21H18FN3O5/c1-11-4-7-18-14(8-11)9-16(12(2)23-18)21(27)30-13(3)20(26)24-15-5-6-17(22)19(10-15)25(28)29/h4-10,13H,1-3H3,(H,24,26). The Bertz CT molecular complexity index is 1180. The van der Waals surface area contributed by atoms with Crippen molar-refractivity contribution in [2.75, 3.05) is 5.32 Å². The van der Waals surface area contributed by atoms with Gasteiger partial charge in [-0.05, 0) is 51.1 Å². The molecule has 2 aromatic carbocycles. The largest absolute Gasteiger partial charge is 0.449 e. The van der Waals surface area contributed by atoms with Crippen molar-refractivity contribution in [2.24, 2.45) is 0 Å². The van der Waals surface area contributed by atoms with Crippen LogP contribution in [-0.2, 0) is 9.53 Å². The number of aryl methyl sites for hydroxylation is 2. The maximum Gasteiger partial charge on any atom is 0.340 e. The van der Waals surface area contributed by atoms with E-state index in [9.17, 15) is 24.1 Å². The van der Waals surface area contributed by atoms with Gasteiger partial charge in [-0.1, -0.05) is 11.6 Å². The fourth-order valence-corrected chi connectivity index (χ4v) is 2.85. The minimum atomic E-state index is -1.20. The Kier molecular flexibility index (Phi) is 5.72. The van der Waals surface area contributed by atoms with Crippen LogP contribution in [0.15, 0.2) is 42.5 Å². The number of nitro groups is 1. The summed E-state index contributed by atoms with van der Waals surface area (Å²) in [5, 5.41) is 14.0. The maximum absolute atomic E-state index is 13.4. The van der Waals surface area contributed by atoms with Crippen molar-refractivity contribution in [3.8, 4) is 0 Å². The zero-order valence-corrected chi connectivity index (χ0v) is 16.4. The highest BCUT2D eigenvalue weighted by Gasteiger charge is 2.22. The molecule has 0 fully saturated rings. The zero-order chi connectivity index (χ0) is 22.0. The van der Waals surface area contributed by atoms with Crippen LogP contribution in [0.2, 0.25) is 0 Å². The molecule has 154 valence electrons. The molecule has 0 spiro atoms. The summed E-state index contributed by atoms with van der Waals surface area (Å²) in [5.41, 5.74) is 1.66. The minimum absolute atomic E-state index is 0.00928. The van der Waals surface area contributed by atoms with E-state index in [1.165, 1.54) is 13.0 Å². The quantitative estimate of drug-likeness (QED) is 0.385. The Morgan fingerprint density at radius 1 is 1.17 bits per heavy atom. The Morgan fingerprint density at radius 2 is 1.90 bits per heavy atom. The van der Waals surface area contributed by atoms with E-state index in [-0.39, 0.29) is 11.3 Å². The summed E-state index contributed by atoms with van der Waals surface area (Å²) in [4.78, 5) is 39.2. The second kappa shape index (κ2) is 8.24. The Labute approximate surface area is 170 Å². The average Bonchev–Trinajstić information content (AvgIpc) is 2.68. The van der Waals surface area contributed by atoms with Crippen molar-refractivity contribution in [1.29, 1.82) is 0 Å². The minimum Gasteiger partial charge on any atom is -0.449 e. The normalized spacial score (nSPS) is 11.7. The molecule has 3 aromatic rings. The summed E-state index contributed by atoms with van der Waals surface area (Å²) in [5.74, 6) is -2.46. The summed E-state index contributed by atoms with van der Waals surface area (Å²) < 4.78 is 18.7. The highest BCUT2D eigenvalue weighted by molar-refractivity contribution is 5.99. The molecule has 9 heteroatoms. The highest BCUT2D eigenvalue weighted by Crippen LogP contribution is 2.22. The van der Waals surface area contributed by atoms with Gasteiger partial charge in [-0.2, -0.15) is 4.39 Å². The predicted octanol–water partition coefficient (Wildman–Crippen LogP) is 4.08. The number of nitrogens with zero attached hydrogens (tertiary/aromatic N) is 2. The number of amides is 1.